The smallest absolute Gasteiger partial charge is 0.306 e. The molecule has 34 heavy (non-hydrogen) atoms. The molecule has 7 heteroatoms. The number of Topliss-reactive ketones (excluding diaryl/α,β-unsaturated/α-hetero) is 1. The molecule has 0 amide bonds. The number of carboxylic acid groups (broad SMARTS) is 1. The molecule has 1 aliphatic carbocycles. The summed E-state index contributed by atoms with van der Waals surface area (Å²) in [6.07, 6.45) is 2.65. The molecule has 4 aromatic rings. The third-order valence-electron chi connectivity index (χ3n) is 6.38. The van der Waals surface area contributed by atoms with Gasteiger partial charge in [0.15, 0.2) is 10.9 Å². The van der Waals surface area contributed by atoms with Gasteiger partial charge in [-0.3, -0.25) is 9.59 Å². The van der Waals surface area contributed by atoms with Crippen molar-refractivity contribution >= 4 is 55.7 Å². The van der Waals surface area contributed by atoms with Crippen LogP contribution in [-0.2, 0) is 4.79 Å². The average molecular weight is 491 g/mol. The van der Waals surface area contributed by atoms with Crippen LogP contribution in [0.25, 0.3) is 21.3 Å². The fourth-order valence-electron chi connectivity index (χ4n) is 4.54. The number of aliphatic carboxylic acids is 1. The minimum Gasteiger partial charge on any atom is -0.481 e. The minimum absolute atomic E-state index is 0.0502. The van der Waals surface area contributed by atoms with Crippen LogP contribution < -0.4 is 5.32 Å². The third kappa shape index (κ3) is 4.83. The molecule has 1 saturated carbocycles. The van der Waals surface area contributed by atoms with Crippen LogP contribution in [-0.4, -0.2) is 21.8 Å². The summed E-state index contributed by atoms with van der Waals surface area (Å²) in [5, 5.41) is 14.1. The molecule has 3 aromatic carbocycles. The molecule has 1 heterocycles. The zero-order chi connectivity index (χ0) is 23.7. The van der Waals surface area contributed by atoms with E-state index in [1.54, 1.807) is 11.3 Å². The topological polar surface area (TPSA) is 79.3 Å². The van der Waals surface area contributed by atoms with Crippen LogP contribution >= 0.6 is 22.9 Å². The second-order valence-corrected chi connectivity index (χ2v) is 10.1. The van der Waals surface area contributed by atoms with Crippen LogP contribution in [0.4, 0.5) is 10.8 Å². The molecule has 1 aromatic heterocycles. The van der Waals surface area contributed by atoms with E-state index in [2.05, 4.69) is 10.3 Å². The number of anilines is 2. The Morgan fingerprint density at radius 1 is 0.941 bits per heavy atom. The quantitative estimate of drug-likeness (QED) is 0.274. The van der Waals surface area contributed by atoms with Gasteiger partial charge in [0, 0.05) is 22.2 Å². The predicted molar refractivity (Wildman–Crippen MR) is 137 cm³/mol. The number of carbonyl (C=O) groups excluding carboxylic acids is 1. The minimum atomic E-state index is -0.793. The molecule has 0 spiro atoms. The number of nitrogens with zero attached hydrogens (tertiary/aromatic N) is 1. The fourth-order valence-corrected chi connectivity index (χ4v) is 5.70. The first kappa shape index (κ1) is 22.6. The van der Waals surface area contributed by atoms with E-state index >= 15 is 0 Å². The van der Waals surface area contributed by atoms with Crippen LogP contribution in [0, 0.1) is 11.8 Å². The van der Waals surface area contributed by atoms with Crippen LogP contribution in [0.3, 0.4) is 0 Å². The summed E-state index contributed by atoms with van der Waals surface area (Å²) in [4.78, 5) is 28.8. The molecular weight excluding hydrogens is 468 g/mol. The van der Waals surface area contributed by atoms with Gasteiger partial charge in [0.2, 0.25) is 0 Å². The lowest BCUT2D eigenvalue weighted by atomic mass is 9.78. The molecule has 2 N–H and O–H groups in total. The number of carbonyl (C=O) groups is 2. The van der Waals surface area contributed by atoms with Crippen molar-refractivity contribution in [3.05, 3.63) is 77.3 Å². The zero-order valence-electron chi connectivity index (χ0n) is 18.3. The summed E-state index contributed by atoms with van der Waals surface area (Å²) in [7, 11) is 0. The highest BCUT2D eigenvalue weighted by Gasteiger charge is 2.31. The highest BCUT2D eigenvalue weighted by molar-refractivity contribution is 7.22. The summed E-state index contributed by atoms with van der Waals surface area (Å²) in [5.41, 5.74) is 4.56. The van der Waals surface area contributed by atoms with Crippen molar-refractivity contribution in [2.24, 2.45) is 11.8 Å². The maximum absolute atomic E-state index is 12.9. The highest BCUT2D eigenvalue weighted by Crippen LogP contribution is 2.33. The first-order valence-corrected chi connectivity index (χ1v) is 12.5. The van der Waals surface area contributed by atoms with E-state index in [1.807, 2.05) is 66.7 Å². The van der Waals surface area contributed by atoms with E-state index in [-0.39, 0.29) is 11.7 Å². The summed E-state index contributed by atoms with van der Waals surface area (Å²) in [6, 6.07) is 21.3. The van der Waals surface area contributed by atoms with E-state index < -0.39 is 11.9 Å². The van der Waals surface area contributed by atoms with E-state index in [1.165, 1.54) is 0 Å². The van der Waals surface area contributed by atoms with Crippen LogP contribution in [0.5, 0.6) is 0 Å². The molecule has 0 radical (unpaired) electrons. The van der Waals surface area contributed by atoms with E-state index in [0.29, 0.717) is 23.4 Å². The number of fused-ring (bicyclic) bond motifs is 1. The number of nitrogens with one attached hydrogen (secondary N) is 1. The molecule has 0 bridgehead atoms. The Hall–Kier alpha value is -3.22. The van der Waals surface area contributed by atoms with Gasteiger partial charge in [0.25, 0.3) is 0 Å². The SMILES string of the molecule is O=C(O)C1CCCC(C(=O)c2ccc(-c3ccc(Nc4nc5ccc(Cl)cc5s4)cc3)cc2)C1. The third-order valence-corrected chi connectivity index (χ3v) is 7.55. The second-order valence-electron chi connectivity index (χ2n) is 8.67. The number of hydrogen-bond acceptors (Lipinski definition) is 5. The van der Waals surface area contributed by atoms with Gasteiger partial charge >= 0.3 is 5.97 Å². The molecule has 0 aliphatic heterocycles. The van der Waals surface area contributed by atoms with Crippen molar-refractivity contribution < 1.29 is 14.7 Å². The molecule has 0 saturated heterocycles. The molecule has 172 valence electrons. The van der Waals surface area contributed by atoms with Crippen molar-refractivity contribution in [3.63, 3.8) is 0 Å². The Morgan fingerprint density at radius 3 is 2.32 bits per heavy atom. The maximum Gasteiger partial charge on any atom is 0.306 e. The van der Waals surface area contributed by atoms with Crippen molar-refractivity contribution in [2.75, 3.05) is 5.32 Å². The van der Waals surface area contributed by atoms with E-state index in [4.69, 9.17) is 11.6 Å². The number of ketones is 1. The van der Waals surface area contributed by atoms with Crippen LogP contribution in [0.15, 0.2) is 66.7 Å². The van der Waals surface area contributed by atoms with Gasteiger partial charge in [0.05, 0.1) is 16.1 Å². The van der Waals surface area contributed by atoms with Gasteiger partial charge in [-0.05, 0) is 60.7 Å². The standard InChI is InChI=1S/C27H23ClN2O3S/c28-21-10-13-23-24(15-21)34-27(30-23)29-22-11-8-17(9-12-22)16-4-6-18(7-5-16)25(31)19-2-1-3-20(14-19)26(32)33/h4-13,15,19-20H,1-3,14H2,(H,29,30)(H,32,33). The molecule has 5 rings (SSSR count). The largest absolute Gasteiger partial charge is 0.481 e. The molecule has 1 aliphatic rings. The number of benzene rings is 3. The second kappa shape index (κ2) is 9.57. The lowest BCUT2D eigenvalue weighted by molar-refractivity contribution is -0.143. The monoisotopic (exact) mass is 490 g/mol. The van der Waals surface area contributed by atoms with Gasteiger partial charge in [0.1, 0.15) is 0 Å². The summed E-state index contributed by atoms with van der Waals surface area (Å²) in [6.45, 7) is 0. The molecular formula is C27H23ClN2O3S. The van der Waals surface area contributed by atoms with Crippen LogP contribution in [0.1, 0.15) is 36.0 Å². The first-order valence-electron chi connectivity index (χ1n) is 11.3. The molecule has 1 fully saturated rings. The van der Waals surface area contributed by atoms with Crippen LogP contribution in [0.2, 0.25) is 5.02 Å². The molecule has 5 nitrogen and oxygen atoms in total. The van der Waals surface area contributed by atoms with Gasteiger partial charge in [-0.2, -0.15) is 0 Å². The van der Waals surface area contributed by atoms with Gasteiger partial charge < -0.3 is 10.4 Å². The molecule has 2 atom stereocenters. The summed E-state index contributed by atoms with van der Waals surface area (Å²) < 4.78 is 1.04. The Morgan fingerprint density at radius 2 is 1.62 bits per heavy atom. The zero-order valence-corrected chi connectivity index (χ0v) is 19.9. The van der Waals surface area contributed by atoms with Gasteiger partial charge in [-0.1, -0.05) is 65.8 Å². The maximum atomic E-state index is 12.9. The number of hydrogen-bond donors (Lipinski definition) is 2. The Balaban J connectivity index is 1.26. The number of carboxylic acids is 1. The number of thiazole rings is 1. The first-order chi connectivity index (χ1) is 16.5. The van der Waals surface area contributed by atoms with E-state index in [0.717, 1.165) is 45.0 Å². The fraction of sp³-hybridized carbons (Fsp3) is 0.222. The Labute approximate surface area is 206 Å². The molecule has 2 unspecified atom stereocenters. The van der Waals surface area contributed by atoms with Gasteiger partial charge in [-0.25, -0.2) is 4.98 Å². The summed E-state index contributed by atoms with van der Waals surface area (Å²) in [5.74, 6) is -1.35. The Kier molecular flexibility index (Phi) is 6.35. The normalized spacial score (nSPS) is 18.0. The number of halogens is 1. The number of aromatic nitrogens is 1. The predicted octanol–water partition coefficient (Wildman–Crippen LogP) is 7.43. The lowest BCUT2D eigenvalue weighted by Gasteiger charge is -2.25. The van der Waals surface area contributed by atoms with Gasteiger partial charge in [-0.15, -0.1) is 0 Å². The van der Waals surface area contributed by atoms with Crippen molar-refractivity contribution in [3.8, 4) is 11.1 Å². The van der Waals surface area contributed by atoms with Crippen molar-refractivity contribution in [1.29, 1.82) is 0 Å². The average Bonchev–Trinajstić information content (AvgIpc) is 3.25. The van der Waals surface area contributed by atoms with Crippen molar-refractivity contribution in [1.82, 2.24) is 4.98 Å². The van der Waals surface area contributed by atoms with Crippen molar-refractivity contribution in [2.45, 2.75) is 25.7 Å². The van der Waals surface area contributed by atoms with E-state index in [9.17, 15) is 14.7 Å². The number of rotatable bonds is 6. The summed E-state index contributed by atoms with van der Waals surface area (Å²) >= 11 is 7.62. The highest BCUT2D eigenvalue weighted by atomic mass is 35.5. The lowest BCUT2D eigenvalue weighted by Crippen LogP contribution is -2.27. The Bertz CT molecular complexity index is 1350.